The normalized spacial score (nSPS) is 10.8. The molecule has 2 aromatic rings. The third-order valence-corrected chi connectivity index (χ3v) is 3.25. The van der Waals surface area contributed by atoms with Crippen LogP contribution in [0.1, 0.15) is 11.1 Å². The smallest absolute Gasteiger partial charge is 0.238 e. The molecule has 5 heteroatoms. The maximum absolute atomic E-state index is 13.2. The second-order valence-corrected chi connectivity index (χ2v) is 5.31. The van der Waals surface area contributed by atoms with Crippen molar-refractivity contribution in [3.8, 4) is 0 Å². The second kappa shape index (κ2) is 7.13. The zero-order valence-corrected chi connectivity index (χ0v) is 12.6. The van der Waals surface area contributed by atoms with Crippen LogP contribution in [0.5, 0.6) is 0 Å². The highest BCUT2D eigenvalue weighted by atomic mass is 19.1. The van der Waals surface area contributed by atoms with Crippen molar-refractivity contribution in [1.29, 1.82) is 0 Å². The Morgan fingerprint density at radius 1 is 1.09 bits per heavy atom. The first-order valence-electron chi connectivity index (χ1n) is 6.93. The molecule has 0 spiro atoms. The summed E-state index contributed by atoms with van der Waals surface area (Å²) in [7, 11) is 1.79. The number of benzene rings is 2. The van der Waals surface area contributed by atoms with Crippen molar-refractivity contribution in [1.82, 2.24) is 4.90 Å². The van der Waals surface area contributed by atoms with Crippen LogP contribution in [0.2, 0.25) is 0 Å². The molecule has 3 nitrogen and oxygen atoms in total. The van der Waals surface area contributed by atoms with Crippen molar-refractivity contribution in [3.63, 3.8) is 0 Å². The van der Waals surface area contributed by atoms with Gasteiger partial charge in [-0.05, 0) is 49.4 Å². The summed E-state index contributed by atoms with van der Waals surface area (Å²) in [6.07, 6.45) is 0. The molecule has 22 heavy (non-hydrogen) atoms. The van der Waals surface area contributed by atoms with Crippen molar-refractivity contribution >= 4 is 11.6 Å². The second-order valence-electron chi connectivity index (χ2n) is 5.31. The molecule has 0 unspecified atom stereocenters. The van der Waals surface area contributed by atoms with E-state index in [0.717, 1.165) is 11.1 Å². The van der Waals surface area contributed by atoms with Crippen LogP contribution in [0.3, 0.4) is 0 Å². The average molecular weight is 304 g/mol. The van der Waals surface area contributed by atoms with Gasteiger partial charge in [-0.25, -0.2) is 8.78 Å². The van der Waals surface area contributed by atoms with Gasteiger partial charge in [0, 0.05) is 12.2 Å². The topological polar surface area (TPSA) is 32.3 Å². The minimum absolute atomic E-state index is 0.160. The lowest BCUT2D eigenvalue weighted by molar-refractivity contribution is -0.117. The third-order valence-electron chi connectivity index (χ3n) is 3.25. The highest BCUT2D eigenvalue weighted by Gasteiger charge is 2.09. The van der Waals surface area contributed by atoms with Crippen LogP contribution in [0.25, 0.3) is 0 Å². The summed E-state index contributed by atoms with van der Waals surface area (Å²) in [5, 5.41) is 2.70. The van der Waals surface area contributed by atoms with Crippen LogP contribution in [-0.4, -0.2) is 24.4 Å². The zero-order chi connectivity index (χ0) is 16.1. The molecule has 0 aliphatic heterocycles. The van der Waals surface area contributed by atoms with E-state index in [1.807, 2.05) is 0 Å². The van der Waals surface area contributed by atoms with Gasteiger partial charge in [-0.15, -0.1) is 0 Å². The lowest BCUT2D eigenvalue weighted by atomic mass is 10.2. The first-order chi connectivity index (χ1) is 10.4. The molecule has 1 amide bonds. The Bertz CT molecular complexity index is 656. The molecule has 0 aromatic heterocycles. The highest BCUT2D eigenvalue weighted by molar-refractivity contribution is 5.92. The van der Waals surface area contributed by atoms with E-state index in [-0.39, 0.29) is 24.1 Å². The molecule has 0 aliphatic rings. The molecule has 0 saturated carbocycles. The molecular formula is C17H18F2N2O. The largest absolute Gasteiger partial charge is 0.325 e. The number of hydrogen-bond acceptors (Lipinski definition) is 2. The first kappa shape index (κ1) is 16.1. The summed E-state index contributed by atoms with van der Waals surface area (Å²) >= 11 is 0. The van der Waals surface area contributed by atoms with Crippen LogP contribution < -0.4 is 5.32 Å². The van der Waals surface area contributed by atoms with Gasteiger partial charge < -0.3 is 5.32 Å². The maximum atomic E-state index is 13.2. The number of hydrogen-bond donors (Lipinski definition) is 1. The molecule has 2 rings (SSSR count). The minimum atomic E-state index is -0.388. The summed E-state index contributed by atoms with van der Waals surface area (Å²) < 4.78 is 26.0. The Kier molecular flexibility index (Phi) is 5.22. The van der Waals surface area contributed by atoms with Crippen LogP contribution >= 0.6 is 0 Å². The number of aryl methyl sites for hydroxylation is 1. The number of anilines is 1. The number of halogens is 2. The van der Waals surface area contributed by atoms with E-state index < -0.39 is 0 Å². The molecule has 2 aromatic carbocycles. The van der Waals surface area contributed by atoms with Crippen LogP contribution in [0.4, 0.5) is 14.5 Å². The fourth-order valence-electron chi connectivity index (χ4n) is 2.12. The third kappa shape index (κ3) is 4.63. The van der Waals surface area contributed by atoms with Crippen molar-refractivity contribution < 1.29 is 13.6 Å². The van der Waals surface area contributed by atoms with Crippen molar-refractivity contribution in [2.45, 2.75) is 13.5 Å². The van der Waals surface area contributed by atoms with Gasteiger partial charge in [0.05, 0.1) is 6.54 Å². The van der Waals surface area contributed by atoms with E-state index in [4.69, 9.17) is 0 Å². The van der Waals surface area contributed by atoms with Gasteiger partial charge in [0.25, 0.3) is 0 Å². The molecular weight excluding hydrogens is 286 g/mol. The molecule has 0 aliphatic carbocycles. The summed E-state index contributed by atoms with van der Waals surface area (Å²) in [6, 6.07) is 10.4. The van der Waals surface area contributed by atoms with Gasteiger partial charge in [-0.1, -0.05) is 18.2 Å². The number of nitrogens with zero attached hydrogens (tertiary/aromatic N) is 1. The quantitative estimate of drug-likeness (QED) is 0.919. The zero-order valence-electron chi connectivity index (χ0n) is 12.6. The van der Waals surface area contributed by atoms with Crippen molar-refractivity contribution in [2.75, 3.05) is 18.9 Å². The Morgan fingerprint density at radius 3 is 2.41 bits per heavy atom. The fourth-order valence-corrected chi connectivity index (χ4v) is 2.12. The Balaban J connectivity index is 1.91. The number of nitrogens with one attached hydrogen (secondary N) is 1. The highest BCUT2D eigenvalue weighted by Crippen LogP contribution is 2.16. The molecule has 116 valence electrons. The van der Waals surface area contributed by atoms with Gasteiger partial charge in [0.2, 0.25) is 5.91 Å². The summed E-state index contributed by atoms with van der Waals surface area (Å²) in [4.78, 5) is 13.8. The van der Waals surface area contributed by atoms with Crippen LogP contribution in [-0.2, 0) is 11.3 Å². The number of likely N-dealkylation sites (N-methyl/N-ethyl adjacent to an activating group) is 1. The number of carbonyl (C=O) groups is 1. The average Bonchev–Trinajstić information content (AvgIpc) is 2.45. The van der Waals surface area contributed by atoms with E-state index in [1.165, 1.54) is 24.3 Å². The number of amides is 1. The summed E-state index contributed by atoms with van der Waals surface area (Å²) in [6.45, 7) is 2.49. The molecule has 0 saturated heterocycles. The summed E-state index contributed by atoms with van der Waals surface area (Å²) in [5.74, 6) is -0.899. The predicted molar refractivity (Wildman–Crippen MR) is 82.5 cm³/mol. The Labute approximate surface area is 128 Å². The van der Waals surface area contributed by atoms with E-state index >= 15 is 0 Å². The summed E-state index contributed by atoms with van der Waals surface area (Å²) in [5.41, 5.74) is 2.19. The van der Waals surface area contributed by atoms with Crippen molar-refractivity contribution in [2.24, 2.45) is 0 Å². The maximum Gasteiger partial charge on any atom is 0.238 e. The molecule has 1 N–H and O–H groups in total. The van der Waals surface area contributed by atoms with Gasteiger partial charge >= 0.3 is 0 Å². The van der Waals surface area contributed by atoms with E-state index in [1.54, 1.807) is 37.1 Å². The standard InChI is InChI=1S/C17H18F2N2O/c1-12-3-6-15(19)9-16(12)20-17(22)11-21(2)10-13-4-7-14(18)8-5-13/h3-9H,10-11H2,1-2H3,(H,20,22). The first-order valence-corrected chi connectivity index (χ1v) is 6.93. The van der Waals surface area contributed by atoms with Crippen LogP contribution in [0, 0.1) is 18.6 Å². The Hall–Kier alpha value is -2.27. The molecule has 0 fully saturated rings. The van der Waals surface area contributed by atoms with Crippen LogP contribution in [0.15, 0.2) is 42.5 Å². The number of rotatable bonds is 5. The fraction of sp³-hybridized carbons (Fsp3) is 0.235. The van der Waals surface area contributed by atoms with Gasteiger partial charge in [0.15, 0.2) is 0 Å². The van der Waals surface area contributed by atoms with Gasteiger partial charge in [-0.2, -0.15) is 0 Å². The van der Waals surface area contributed by atoms with E-state index in [0.29, 0.717) is 12.2 Å². The van der Waals surface area contributed by atoms with Gasteiger partial charge in [0.1, 0.15) is 11.6 Å². The number of carbonyl (C=O) groups excluding carboxylic acids is 1. The minimum Gasteiger partial charge on any atom is -0.325 e. The SMILES string of the molecule is Cc1ccc(F)cc1NC(=O)CN(C)Cc1ccc(F)cc1. The van der Waals surface area contributed by atoms with E-state index in [9.17, 15) is 13.6 Å². The lowest BCUT2D eigenvalue weighted by Crippen LogP contribution is -2.30. The lowest BCUT2D eigenvalue weighted by Gasteiger charge is -2.17. The van der Waals surface area contributed by atoms with Gasteiger partial charge in [-0.3, -0.25) is 9.69 Å². The predicted octanol–water partition coefficient (Wildman–Crippen LogP) is 3.34. The molecule has 0 radical (unpaired) electrons. The van der Waals surface area contributed by atoms with Crippen molar-refractivity contribution in [3.05, 3.63) is 65.2 Å². The molecule has 0 atom stereocenters. The monoisotopic (exact) mass is 304 g/mol. The molecule has 0 bridgehead atoms. The van der Waals surface area contributed by atoms with E-state index in [2.05, 4.69) is 5.32 Å². The molecule has 0 heterocycles. The Morgan fingerprint density at radius 2 is 1.73 bits per heavy atom.